The van der Waals surface area contributed by atoms with E-state index in [0.717, 1.165) is 10.0 Å². The Hall–Kier alpha value is -0.910. The summed E-state index contributed by atoms with van der Waals surface area (Å²) in [5.41, 5.74) is 6.74. The molecule has 1 aromatic carbocycles. The maximum absolute atomic E-state index is 11.9. The summed E-state index contributed by atoms with van der Waals surface area (Å²) in [4.78, 5) is 13.5. The average molecular weight is 301 g/mol. The van der Waals surface area contributed by atoms with Crippen LogP contribution in [0.1, 0.15) is 5.56 Å². The van der Waals surface area contributed by atoms with Gasteiger partial charge in [0.2, 0.25) is 5.91 Å². The summed E-state index contributed by atoms with van der Waals surface area (Å²) in [5, 5.41) is 0. The van der Waals surface area contributed by atoms with Crippen LogP contribution in [0.5, 0.6) is 0 Å². The number of carbonyl (C=O) groups excluding carboxylic acids is 1. The molecule has 0 saturated heterocycles. The minimum atomic E-state index is -0.604. The molecule has 1 atom stereocenters. The van der Waals surface area contributed by atoms with Gasteiger partial charge in [0.05, 0.1) is 6.61 Å². The molecule has 1 amide bonds. The van der Waals surface area contributed by atoms with Crippen molar-refractivity contribution in [1.82, 2.24) is 4.90 Å². The lowest BCUT2D eigenvalue weighted by molar-refractivity contribution is -0.133. The molecule has 0 aliphatic heterocycles. The third-order valence-electron chi connectivity index (χ3n) is 2.40. The van der Waals surface area contributed by atoms with Gasteiger partial charge < -0.3 is 15.4 Å². The van der Waals surface area contributed by atoms with Gasteiger partial charge in [-0.1, -0.05) is 34.1 Å². The van der Waals surface area contributed by atoms with Crippen LogP contribution in [0.2, 0.25) is 0 Å². The van der Waals surface area contributed by atoms with E-state index in [-0.39, 0.29) is 12.5 Å². The van der Waals surface area contributed by atoms with Crippen LogP contribution in [0.4, 0.5) is 0 Å². The summed E-state index contributed by atoms with van der Waals surface area (Å²) < 4.78 is 5.85. The number of methoxy groups -OCH3 is 1. The monoisotopic (exact) mass is 300 g/mol. The Kier molecular flexibility index (Phi) is 5.61. The van der Waals surface area contributed by atoms with Crippen LogP contribution in [0.25, 0.3) is 0 Å². The molecule has 0 saturated carbocycles. The summed E-state index contributed by atoms with van der Waals surface area (Å²) >= 11 is 3.45. The molecule has 1 unspecified atom stereocenters. The van der Waals surface area contributed by atoms with E-state index in [2.05, 4.69) is 15.9 Å². The zero-order chi connectivity index (χ0) is 12.8. The zero-order valence-corrected chi connectivity index (χ0v) is 11.6. The van der Waals surface area contributed by atoms with Gasteiger partial charge in [0.1, 0.15) is 6.04 Å². The molecule has 0 heterocycles. The lowest BCUT2D eigenvalue weighted by atomic mass is 10.2. The molecule has 0 aliphatic rings. The lowest BCUT2D eigenvalue weighted by Gasteiger charge is -2.21. The molecular formula is C12H17BrN2O2. The average Bonchev–Trinajstić information content (AvgIpc) is 2.31. The van der Waals surface area contributed by atoms with Gasteiger partial charge in [0.15, 0.2) is 0 Å². The summed E-state index contributed by atoms with van der Waals surface area (Å²) in [6.07, 6.45) is 0. The number of rotatable bonds is 5. The van der Waals surface area contributed by atoms with E-state index >= 15 is 0 Å². The fraction of sp³-hybridized carbons (Fsp3) is 0.417. The van der Waals surface area contributed by atoms with E-state index in [1.54, 1.807) is 11.9 Å². The molecule has 0 aliphatic carbocycles. The van der Waals surface area contributed by atoms with Gasteiger partial charge in [-0.25, -0.2) is 0 Å². The van der Waals surface area contributed by atoms with Gasteiger partial charge in [-0.2, -0.15) is 0 Å². The van der Waals surface area contributed by atoms with E-state index in [4.69, 9.17) is 10.5 Å². The van der Waals surface area contributed by atoms with Crippen molar-refractivity contribution in [1.29, 1.82) is 0 Å². The zero-order valence-electron chi connectivity index (χ0n) is 10.0. The fourth-order valence-corrected chi connectivity index (χ4v) is 1.90. The van der Waals surface area contributed by atoms with Crippen LogP contribution >= 0.6 is 15.9 Å². The number of amides is 1. The Labute approximate surface area is 110 Å². The minimum Gasteiger partial charge on any atom is -0.383 e. The number of halogens is 1. The highest BCUT2D eigenvalue weighted by atomic mass is 79.9. The summed E-state index contributed by atoms with van der Waals surface area (Å²) in [6, 6.07) is 7.19. The molecule has 2 N–H and O–H groups in total. The quantitative estimate of drug-likeness (QED) is 0.894. The first-order valence-electron chi connectivity index (χ1n) is 5.29. The number of nitrogens with two attached hydrogens (primary N) is 1. The third-order valence-corrected chi connectivity index (χ3v) is 3.18. The smallest absolute Gasteiger partial charge is 0.241 e. The highest BCUT2D eigenvalue weighted by Gasteiger charge is 2.18. The normalized spacial score (nSPS) is 12.2. The van der Waals surface area contributed by atoms with Gasteiger partial charge in [-0.3, -0.25) is 4.79 Å². The van der Waals surface area contributed by atoms with Crippen molar-refractivity contribution in [2.45, 2.75) is 12.6 Å². The van der Waals surface area contributed by atoms with Crippen molar-refractivity contribution >= 4 is 21.8 Å². The molecule has 0 spiro atoms. The van der Waals surface area contributed by atoms with Gasteiger partial charge in [0, 0.05) is 25.2 Å². The van der Waals surface area contributed by atoms with Gasteiger partial charge in [-0.15, -0.1) is 0 Å². The number of ether oxygens (including phenoxy) is 1. The Morgan fingerprint density at radius 2 is 2.18 bits per heavy atom. The Morgan fingerprint density at radius 1 is 1.53 bits per heavy atom. The minimum absolute atomic E-state index is 0.123. The van der Waals surface area contributed by atoms with Crippen LogP contribution in [-0.2, 0) is 16.1 Å². The topological polar surface area (TPSA) is 55.6 Å². The summed E-state index contributed by atoms with van der Waals surface area (Å²) in [5.74, 6) is -0.123. The first-order chi connectivity index (χ1) is 8.06. The maximum atomic E-state index is 11.9. The number of hydrogen-bond donors (Lipinski definition) is 1. The second kappa shape index (κ2) is 6.74. The van der Waals surface area contributed by atoms with Crippen LogP contribution in [-0.4, -0.2) is 37.6 Å². The van der Waals surface area contributed by atoms with Crippen LogP contribution < -0.4 is 5.73 Å². The third kappa shape index (κ3) is 4.11. The molecule has 0 fully saturated rings. The molecular weight excluding hydrogens is 284 g/mol. The summed E-state index contributed by atoms with van der Waals surface area (Å²) in [7, 11) is 3.26. The van der Waals surface area contributed by atoms with E-state index in [9.17, 15) is 4.79 Å². The van der Waals surface area contributed by atoms with Crippen molar-refractivity contribution in [3.8, 4) is 0 Å². The lowest BCUT2D eigenvalue weighted by Crippen LogP contribution is -2.44. The molecule has 4 nitrogen and oxygen atoms in total. The number of nitrogens with zero attached hydrogens (tertiary/aromatic N) is 1. The molecule has 0 radical (unpaired) electrons. The van der Waals surface area contributed by atoms with Gasteiger partial charge in [0.25, 0.3) is 0 Å². The number of benzene rings is 1. The number of hydrogen-bond acceptors (Lipinski definition) is 3. The van der Waals surface area contributed by atoms with Crippen molar-refractivity contribution < 1.29 is 9.53 Å². The second-order valence-electron chi connectivity index (χ2n) is 3.85. The van der Waals surface area contributed by atoms with Gasteiger partial charge in [-0.05, 0) is 11.6 Å². The Morgan fingerprint density at radius 3 is 2.76 bits per heavy atom. The van der Waals surface area contributed by atoms with E-state index in [1.807, 2.05) is 24.3 Å². The number of carbonyl (C=O) groups is 1. The molecule has 1 rings (SSSR count). The standard InChI is InChI=1S/C12H17BrN2O2/c1-15(12(16)11(14)8-17-2)7-9-5-3-4-6-10(9)13/h3-6,11H,7-8,14H2,1-2H3. The largest absolute Gasteiger partial charge is 0.383 e. The predicted molar refractivity (Wildman–Crippen MR) is 70.5 cm³/mol. The molecule has 94 valence electrons. The van der Waals surface area contributed by atoms with Crippen LogP contribution in [0, 0.1) is 0 Å². The highest BCUT2D eigenvalue weighted by molar-refractivity contribution is 9.10. The molecule has 0 aromatic heterocycles. The Balaban J connectivity index is 2.63. The van der Waals surface area contributed by atoms with Crippen LogP contribution in [0.15, 0.2) is 28.7 Å². The Bertz CT molecular complexity index is 385. The van der Waals surface area contributed by atoms with E-state index in [1.165, 1.54) is 7.11 Å². The van der Waals surface area contributed by atoms with E-state index in [0.29, 0.717) is 6.54 Å². The highest BCUT2D eigenvalue weighted by Crippen LogP contribution is 2.17. The fourth-order valence-electron chi connectivity index (χ4n) is 1.49. The molecule has 5 heteroatoms. The first-order valence-corrected chi connectivity index (χ1v) is 6.08. The predicted octanol–water partition coefficient (Wildman–Crippen LogP) is 1.38. The van der Waals surface area contributed by atoms with Crippen molar-refractivity contribution in [2.24, 2.45) is 5.73 Å². The second-order valence-corrected chi connectivity index (χ2v) is 4.70. The maximum Gasteiger partial charge on any atom is 0.241 e. The van der Waals surface area contributed by atoms with Crippen molar-refractivity contribution in [3.63, 3.8) is 0 Å². The number of likely N-dealkylation sites (N-methyl/N-ethyl adjacent to an activating group) is 1. The van der Waals surface area contributed by atoms with Crippen LogP contribution in [0.3, 0.4) is 0 Å². The SMILES string of the molecule is COCC(N)C(=O)N(C)Cc1ccccc1Br. The van der Waals surface area contributed by atoms with Crippen molar-refractivity contribution in [2.75, 3.05) is 20.8 Å². The van der Waals surface area contributed by atoms with Crippen molar-refractivity contribution in [3.05, 3.63) is 34.3 Å². The van der Waals surface area contributed by atoms with Gasteiger partial charge >= 0.3 is 0 Å². The first kappa shape index (κ1) is 14.2. The molecule has 0 bridgehead atoms. The summed E-state index contributed by atoms with van der Waals surface area (Å²) in [6.45, 7) is 0.761. The van der Waals surface area contributed by atoms with E-state index < -0.39 is 6.04 Å². The molecule has 17 heavy (non-hydrogen) atoms. The molecule has 1 aromatic rings.